The van der Waals surface area contributed by atoms with Gasteiger partial charge in [0.1, 0.15) is 11.8 Å². The number of carbonyl (C=O) groups is 1. The van der Waals surface area contributed by atoms with Gasteiger partial charge in [-0.2, -0.15) is 0 Å². The highest BCUT2D eigenvalue weighted by molar-refractivity contribution is 5.83. The molecule has 1 N–H and O–H groups in total. The molecule has 2 aromatic rings. The molecule has 1 aliphatic carbocycles. The summed E-state index contributed by atoms with van der Waals surface area (Å²) in [5.41, 5.74) is 1.66. The number of fused-ring (bicyclic) bond motifs is 1. The van der Waals surface area contributed by atoms with Crippen LogP contribution in [0.1, 0.15) is 45.4 Å². The maximum atomic E-state index is 12.7. The number of aryl methyl sites for hydroxylation is 1. The number of rotatable bonds is 4. The van der Waals surface area contributed by atoms with Crippen LogP contribution < -0.4 is 5.32 Å². The summed E-state index contributed by atoms with van der Waals surface area (Å²) in [5, 5.41) is 3.49. The Bertz CT molecular complexity index is 751. The van der Waals surface area contributed by atoms with Crippen LogP contribution in [0, 0.1) is 5.92 Å². The average Bonchev–Trinajstić information content (AvgIpc) is 3.29. The van der Waals surface area contributed by atoms with Gasteiger partial charge in [-0.05, 0) is 26.2 Å². The van der Waals surface area contributed by atoms with E-state index in [9.17, 15) is 4.79 Å². The Morgan fingerprint density at radius 3 is 2.84 bits per heavy atom. The minimum Gasteiger partial charge on any atom is -0.364 e. The highest BCUT2D eigenvalue weighted by Crippen LogP contribution is 2.27. The highest BCUT2D eigenvalue weighted by Gasteiger charge is 2.31. The number of imidazole rings is 1. The lowest BCUT2D eigenvalue weighted by Crippen LogP contribution is -2.36. The third-order valence-corrected chi connectivity index (χ3v) is 5.54. The number of nitrogens with one attached hydrogen (secondary N) is 1. The largest absolute Gasteiger partial charge is 0.364 e. The van der Waals surface area contributed by atoms with Gasteiger partial charge >= 0.3 is 0 Å². The number of aromatic nitrogens is 4. The molecule has 0 spiro atoms. The van der Waals surface area contributed by atoms with Crippen LogP contribution in [0.25, 0.3) is 11.2 Å². The zero-order valence-corrected chi connectivity index (χ0v) is 14.8. The van der Waals surface area contributed by atoms with Crippen LogP contribution in [0.4, 0.5) is 5.82 Å². The van der Waals surface area contributed by atoms with Crippen LogP contribution in [0.2, 0.25) is 0 Å². The van der Waals surface area contributed by atoms with Gasteiger partial charge in [-0.25, -0.2) is 15.0 Å². The fourth-order valence-electron chi connectivity index (χ4n) is 4.10. The first-order valence-corrected chi connectivity index (χ1v) is 9.47. The molecule has 1 saturated heterocycles. The normalized spacial score (nSPS) is 21.8. The summed E-state index contributed by atoms with van der Waals surface area (Å²) in [6.07, 6.45) is 10.1. The van der Waals surface area contributed by atoms with Crippen molar-refractivity contribution in [3.63, 3.8) is 0 Å². The Labute approximate surface area is 147 Å². The van der Waals surface area contributed by atoms with Crippen molar-refractivity contribution >= 4 is 22.9 Å². The summed E-state index contributed by atoms with van der Waals surface area (Å²) < 4.78 is 2.01. The molecule has 2 aromatic heterocycles. The molecule has 0 aromatic carbocycles. The van der Waals surface area contributed by atoms with E-state index in [1.165, 1.54) is 19.3 Å². The number of hydrogen-bond donors (Lipinski definition) is 1. The third-order valence-electron chi connectivity index (χ3n) is 5.54. The van der Waals surface area contributed by atoms with Gasteiger partial charge in [-0.3, -0.25) is 4.79 Å². The van der Waals surface area contributed by atoms with Gasteiger partial charge in [-0.15, -0.1) is 0 Å². The predicted octanol–water partition coefficient (Wildman–Crippen LogP) is 2.44. The van der Waals surface area contributed by atoms with E-state index in [1.807, 2.05) is 9.47 Å². The van der Waals surface area contributed by atoms with Crippen molar-refractivity contribution in [2.24, 2.45) is 5.92 Å². The van der Waals surface area contributed by atoms with Gasteiger partial charge in [0.05, 0.1) is 6.33 Å². The molecule has 4 rings (SSSR count). The molecule has 2 aliphatic rings. The smallest absolute Gasteiger partial charge is 0.225 e. The quantitative estimate of drug-likeness (QED) is 0.923. The molecule has 2 fully saturated rings. The number of hydrogen-bond acceptors (Lipinski definition) is 5. The first-order chi connectivity index (χ1) is 12.3. The maximum Gasteiger partial charge on any atom is 0.225 e. The zero-order chi connectivity index (χ0) is 17.2. The Morgan fingerprint density at radius 2 is 2.04 bits per heavy atom. The first kappa shape index (κ1) is 16.3. The summed E-state index contributed by atoms with van der Waals surface area (Å²) in [6.45, 7) is 4.50. The van der Waals surface area contributed by atoms with E-state index in [1.54, 1.807) is 12.7 Å². The summed E-state index contributed by atoms with van der Waals surface area (Å²) in [7, 11) is 0. The number of anilines is 1. The molecule has 1 atom stereocenters. The van der Waals surface area contributed by atoms with Gasteiger partial charge in [0.2, 0.25) is 5.91 Å². The lowest BCUT2D eigenvalue weighted by atomic mass is 9.88. The second kappa shape index (κ2) is 6.98. The Morgan fingerprint density at radius 1 is 1.20 bits per heavy atom. The fraction of sp³-hybridized carbons (Fsp3) is 0.667. The van der Waals surface area contributed by atoms with Crippen LogP contribution in [-0.4, -0.2) is 49.5 Å². The topological polar surface area (TPSA) is 75.9 Å². The minimum atomic E-state index is 0.234. The summed E-state index contributed by atoms with van der Waals surface area (Å²) >= 11 is 0. The minimum absolute atomic E-state index is 0.234. The fourth-order valence-corrected chi connectivity index (χ4v) is 4.10. The van der Waals surface area contributed by atoms with Gasteiger partial charge in [0.25, 0.3) is 0 Å². The van der Waals surface area contributed by atoms with Crippen LogP contribution in [0.5, 0.6) is 0 Å². The number of carbonyl (C=O) groups excluding carboxylic acids is 1. The molecule has 7 heteroatoms. The summed E-state index contributed by atoms with van der Waals surface area (Å²) in [4.78, 5) is 27.9. The third kappa shape index (κ3) is 3.19. The molecule has 1 aliphatic heterocycles. The van der Waals surface area contributed by atoms with Crippen LogP contribution in [0.15, 0.2) is 12.7 Å². The van der Waals surface area contributed by atoms with Crippen molar-refractivity contribution in [3.05, 3.63) is 12.7 Å². The van der Waals surface area contributed by atoms with Crippen molar-refractivity contribution in [2.75, 3.05) is 18.4 Å². The van der Waals surface area contributed by atoms with Crippen molar-refractivity contribution in [2.45, 2.75) is 58.0 Å². The molecule has 0 radical (unpaired) electrons. The van der Waals surface area contributed by atoms with Crippen LogP contribution in [0.3, 0.4) is 0 Å². The Balaban J connectivity index is 1.43. The summed E-state index contributed by atoms with van der Waals surface area (Å²) in [6, 6.07) is 0.234. The molecule has 134 valence electrons. The van der Waals surface area contributed by atoms with Gasteiger partial charge in [-0.1, -0.05) is 19.3 Å². The monoisotopic (exact) mass is 342 g/mol. The maximum absolute atomic E-state index is 12.7. The predicted molar refractivity (Wildman–Crippen MR) is 96.2 cm³/mol. The lowest BCUT2D eigenvalue weighted by molar-refractivity contribution is -0.135. The van der Waals surface area contributed by atoms with Crippen LogP contribution >= 0.6 is 0 Å². The van der Waals surface area contributed by atoms with Gasteiger partial charge < -0.3 is 14.8 Å². The van der Waals surface area contributed by atoms with E-state index in [4.69, 9.17) is 0 Å². The number of nitrogens with zero attached hydrogens (tertiary/aromatic N) is 5. The van der Waals surface area contributed by atoms with Gasteiger partial charge in [0.15, 0.2) is 11.5 Å². The average molecular weight is 342 g/mol. The van der Waals surface area contributed by atoms with E-state index >= 15 is 0 Å². The molecule has 1 saturated carbocycles. The van der Waals surface area contributed by atoms with Crippen molar-refractivity contribution in [1.29, 1.82) is 0 Å². The standard InChI is InChI=1S/C18H26N6O/c1-2-23-12-21-15-16(19-11-20-17(15)23)22-14-8-9-24(10-14)18(25)13-6-4-3-5-7-13/h11-14H,2-10H2,1H3,(H,19,20,22)/t14-/m1/s1. The molecule has 0 unspecified atom stereocenters. The highest BCUT2D eigenvalue weighted by atomic mass is 16.2. The SMILES string of the molecule is CCn1cnc2c(N[C@@H]3CCN(C(=O)C4CCCCC4)C3)ncnc21. The molecular formula is C18H26N6O. The summed E-state index contributed by atoms with van der Waals surface area (Å²) in [5.74, 6) is 1.37. The van der Waals surface area contributed by atoms with E-state index in [-0.39, 0.29) is 12.0 Å². The molecular weight excluding hydrogens is 316 g/mol. The van der Waals surface area contributed by atoms with Crippen LogP contribution in [-0.2, 0) is 11.3 Å². The van der Waals surface area contributed by atoms with E-state index in [0.717, 1.165) is 55.9 Å². The number of amides is 1. The first-order valence-electron chi connectivity index (χ1n) is 9.47. The van der Waals surface area contributed by atoms with E-state index in [0.29, 0.717) is 5.91 Å². The Kier molecular flexibility index (Phi) is 4.55. The lowest BCUT2D eigenvalue weighted by Gasteiger charge is -2.26. The van der Waals surface area contributed by atoms with Crippen molar-refractivity contribution in [1.82, 2.24) is 24.4 Å². The van der Waals surface area contributed by atoms with Crippen molar-refractivity contribution < 1.29 is 4.79 Å². The molecule has 25 heavy (non-hydrogen) atoms. The second-order valence-electron chi connectivity index (χ2n) is 7.17. The molecule has 7 nitrogen and oxygen atoms in total. The molecule has 3 heterocycles. The van der Waals surface area contributed by atoms with E-state index in [2.05, 4.69) is 27.2 Å². The second-order valence-corrected chi connectivity index (χ2v) is 7.17. The molecule has 0 bridgehead atoms. The van der Waals surface area contributed by atoms with Gasteiger partial charge in [0, 0.05) is 31.6 Å². The van der Waals surface area contributed by atoms with E-state index < -0.39 is 0 Å². The molecule has 1 amide bonds. The zero-order valence-electron chi connectivity index (χ0n) is 14.8. The van der Waals surface area contributed by atoms with Crippen molar-refractivity contribution in [3.8, 4) is 0 Å². The number of likely N-dealkylation sites (tertiary alicyclic amines) is 1. The Hall–Kier alpha value is -2.18.